The molecule has 0 aliphatic rings. The third-order valence-corrected chi connectivity index (χ3v) is 6.95. The summed E-state index contributed by atoms with van der Waals surface area (Å²) in [7, 11) is -2.15. The average molecular weight is 427 g/mol. The Morgan fingerprint density at radius 2 is 1.70 bits per heavy atom. The highest BCUT2D eigenvalue weighted by Crippen LogP contribution is 2.20. The Kier molecular flexibility index (Phi) is 6.74. The standard InChI is InChI=1S/C23H26N2O4S/c1-18(2)24(3)30(27,28)22-13-7-11-20(15-22)23(26)25(17-21-12-8-14-29-21)16-19-9-5-4-6-10-19/h4-15,18H,16-17H2,1-3H3. The van der Waals surface area contributed by atoms with E-state index in [1.165, 1.54) is 23.5 Å². The van der Waals surface area contributed by atoms with Crippen molar-refractivity contribution in [2.24, 2.45) is 0 Å². The summed E-state index contributed by atoms with van der Waals surface area (Å²) in [6.45, 7) is 4.27. The van der Waals surface area contributed by atoms with Crippen molar-refractivity contribution in [1.29, 1.82) is 0 Å². The molecule has 1 aromatic heterocycles. The number of hydrogen-bond donors (Lipinski definition) is 0. The smallest absolute Gasteiger partial charge is 0.254 e. The number of carbonyl (C=O) groups excluding carboxylic acids is 1. The molecule has 158 valence electrons. The number of furan rings is 1. The minimum atomic E-state index is -3.68. The molecule has 0 saturated heterocycles. The maximum atomic E-state index is 13.3. The second-order valence-corrected chi connectivity index (χ2v) is 9.37. The lowest BCUT2D eigenvalue weighted by Crippen LogP contribution is -2.33. The fourth-order valence-electron chi connectivity index (χ4n) is 3.01. The molecule has 7 heteroatoms. The molecular formula is C23H26N2O4S. The van der Waals surface area contributed by atoms with Crippen molar-refractivity contribution in [3.63, 3.8) is 0 Å². The lowest BCUT2D eigenvalue weighted by molar-refractivity contribution is 0.0717. The van der Waals surface area contributed by atoms with Crippen LogP contribution in [0.3, 0.4) is 0 Å². The minimum absolute atomic E-state index is 0.0993. The Labute approximate surface area is 177 Å². The Hall–Kier alpha value is -2.90. The lowest BCUT2D eigenvalue weighted by atomic mass is 10.1. The topological polar surface area (TPSA) is 70.8 Å². The van der Waals surface area contributed by atoms with Crippen molar-refractivity contribution in [2.45, 2.75) is 37.9 Å². The van der Waals surface area contributed by atoms with Gasteiger partial charge in [-0.05, 0) is 49.7 Å². The molecule has 0 fully saturated rings. The van der Waals surface area contributed by atoms with Crippen LogP contribution < -0.4 is 0 Å². The SMILES string of the molecule is CC(C)N(C)S(=O)(=O)c1cccc(C(=O)N(Cc2ccccc2)Cc2ccco2)c1. The van der Waals surface area contributed by atoms with Gasteiger partial charge in [0.05, 0.1) is 17.7 Å². The molecule has 1 amide bonds. The number of nitrogens with zero attached hydrogens (tertiary/aromatic N) is 2. The van der Waals surface area contributed by atoms with Gasteiger partial charge in [0.25, 0.3) is 5.91 Å². The molecular weight excluding hydrogens is 400 g/mol. The average Bonchev–Trinajstić information content (AvgIpc) is 3.26. The zero-order valence-electron chi connectivity index (χ0n) is 17.4. The van der Waals surface area contributed by atoms with Crippen LogP contribution in [0.25, 0.3) is 0 Å². The van der Waals surface area contributed by atoms with Crippen LogP contribution >= 0.6 is 0 Å². The van der Waals surface area contributed by atoms with Crippen LogP contribution in [0, 0.1) is 0 Å². The van der Waals surface area contributed by atoms with Gasteiger partial charge < -0.3 is 9.32 Å². The number of hydrogen-bond acceptors (Lipinski definition) is 4. The number of amides is 1. The van der Waals surface area contributed by atoms with Crippen molar-refractivity contribution in [2.75, 3.05) is 7.05 Å². The van der Waals surface area contributed by atoms with Gasteiger partial charge in [0, 0.05) is 25.2 Å². The fraction of sp³-hybridized carbons (Fsp3) is 0.261. The van der Waals surface area contributed by atoms with Crippen molar-refractivity contribution in [3.05, 3.63) is 89.9 Å². The van der Waals surface area contributed by atoms with Crippen molar-refractivity contribution in [3.8, 4) is 0 Å². The molecule has 0 bridgehead atoms. The molecule has 0 aliphatic carbocycles. The molecule has 0 spiro atoms. The van der Waals surface area contributed by atoms with E-state index < -0.39 is 10.0 Å². The Bertz CT molecular complexity index is 1080. The van der Waals surface area contributed by atoms with Gasteiger partial charge in [-0.2, -0.15) is 4.31 Å². The summed E-state index contributed by atoms with van der Waals surface area (Å²) in [5.41, 5.74) is 1.29. The highest BCUT2D eigenvalue weighted by atomic mass is 32.2. The van der Waals surface area contributed by atoms with Crippen molar-refractivity contribution in [1.82, 2.24) is 9.21 Å². The van der Waals surface area contributed by atoms with Crippen LogP contribution in [0.15, 0.2) is 82.3 Å². The Morgan fingerprint density at radius 1 is 0.967 bits per heavy atom. The zero-order valence-corrected chi connectivity index (χ0v) is 18.2. The molecule has 2 aromatic carbocycles. The Balaban J connectivity index is 1.92. The van der Waals surface area contributed by atoms with Crippen molar-refractivity contribution >= 4 is 15.9 Å². The summed E-state index contributed by atoms with van der Waals surface area (Å²) in [5, 5.41) is 0. The number of rotatable bonds is 8. The van der Waals surface area contributed by atoms with Gasteiger partial charge in [0.1, 0.15) is 5.76 Å². The van der Waals surface area contributed by atoms with Gasteiger partial charge in [-0.3, -0.25) is 4.79 Å². The molecule has 0 saturated carbocycles. The van der Waals surface area contributed by atoms with Gasteiger partial charge in [-0.25, -0.2) is 8.42 Å². The van der Waals surface area contributed by atoms with Gasteiger partial charge >= 0.3 is 0 Å². The second-order valence-electron chi connectivity index (χ2n) is 7.37. The summed E-state index contributed by atoms with van der Waals surface area (Å²) in [4.78, 5) is 15.1. The maximum Gasteiger partial charge on any atom is 0.254 e. The molecule has 6 nitrogen and oxygen atoms in total. The highest BCUT2D eigenvalue weighted by molar-refractivity contribution is 7.89. The highest BCUT2D eigenvalue weighted by Gasteiger charge is 2.25. The van der Waals surface area contributed by atoms with Gasteiger partial charge in [0.15, 0.2) is 0 Å². The number of sulfonamides is 1. The predicted molar refractivity (Wildman–Crippen MR) is 115 cm³/mol. The summed E-state index contributed by atoms with van der Waals surface area (Å²) < 4.78 is 32.4. The third-order valence-electron chi connectivity index (χ3n) is 4.92. The van der Waals surface area contributed by atoms with Crippen LogP contribution in [0.5, 0.6) is 0 Å². The molecule has 0 N–H and O–H groups in total. The van der Waals surface area contributed by atoms with E-state index in [9.17, 15) is 13.2 Å². The van der Waals surface area contributed by atoms with E-state index in [-0.39, 0.29) is 23.4 Å². The van der Waals surface area contributed by atoms with E-state index in [0.717, 1.165) is 5.56 Å². The molecule has 0 unspecified atom stereocenters. The summed E-state index contributed by atoms with van der Waals surface area (Å²) in [6, 6.07) is 19.2. The molecule has 0 atom stereocenters. The summed E-state index contributed by atoms with van der Waals surface area (Å²) >= 11 is 0. The third kappa shape index (κ3) is 4.98. The lowest BCUT2D eigenvalue weighted by Gasteiger charge is -2.23. The first-order valence-corrected chi connectivity index (χ1v) is 11.2. The molecule has 3 rings (SSSR count). The number of carbonyl (C=O) groups is 1. The van der Waals surface area contributed by atoms with E-state index in [0.29, 0.717) is 17.9 Å². The normalized spacial score (nSPS) is 11.8. The quantitative estimate of drug-likeness (QED) is 0.542. The van der Waals surface area contributed by atoms with Crippen LogP contribution in [0.4, 0.5) is 0 Å². The molecule has 1 heterocycles. The minimum Gasteiger partial charge on any atom is -0.467 e. The molecule has 3 aromatic rings. The first kappa shape index (κ1) is 21.8. The maximum absolute atomic E-state index is 13.3. The van der Waals surface area contributed by atoms with Crippen molar-refractivity contribution < 1.29 is 17.6 Å². The van der Waals surface area contributed by atoms with Crippen LogP contribution in [-0.4, -0.2) is 36.6 Å². The second kappa shape index (κ2) is 9.28. The largest absolute Gasteiger partial charge is 0.467 e. The first-order valence-electron chi connectivity index (χ1n) is 9.72. The van der Waals surface area contributed by atoms with E-state index >= 15 is 0 Å². The van der Waals surface area contributed by atoms with Crippen LogP contribution in [0.2, 0.25) is 0 Å². The first-order chi connectivity index (χ1) is 14.3. The fourth-order valence-corrected chi connectivity index (χ4v) is 4.42. The monoisotopic (exact) mass is 426 g/mol. The molecule has 0 radical (unpaired) electrons. The number of benzene rings is 2. The van der Waals surface area contributed by atoms with Crippen LogP contribution in [0.1, 0.15) is 35.5 Å². The summed E-state index contributed by atoms with van der Waals surface area (Å²) in [5.74, 6) is 0.391. The Morgan fingerprint density at radius 3 is 2.33 bits per heavy atom. The zero-order chi connectivity index (χ0) is 21.7. The van der Waals surface area contributed by atoms with E-state index in [1.54, 1.807) is 43.2 Å². The van der Waals surface area contributed by atoms with E-state index in [4.69, 9.17) is 4.42 Å². The van der Waals surface area contributed by atoms with Gasteiger partial charge in [0.2, 0.25) is 10.0 Å². The molecule has 0 aliphatic heterocycles. The summed E-state index contributed by atoms with van der Waals surface area (Å²) in [6.07, 6.45) is 1.56. The van der Waals surface area contributed by atoms with Gasteiger partial charge in [-0.1, -0.05) is 36.4 Å². The predicted octanol–water partition coefficient (Wildman–Crippen LogP) is 4.15. The van der Waals surface area contributed by atoms with Crippen LogP contribution in [-0.2, 0) is 23.1 Å². The van der Waals surface area contributed by atoms with E-state index in [1.807, 2.05) is 36.4 Å². The van der Waals surface area contributed by atoms with Gasteiger partial charge in [-0.15, -0.1) is 0 Å². The van der Waals surface area contributed by atoms with E-state index in [2.05, 4.69) is 0 Å². The molecule has 30 heavy (non-hydrogen) atoms.